The minimum Gasteiger partial charge on any atom is -0.480 e. The Kier molecular flexibility index (Phi) is 3.57. The van der Waals surface area contributed by atoms with Crippen molar-refractivity contribution in [2.24, 2.45) is 0 Å². The van der Waals surface area contributed by atoms with Gasteiger partial charge in [-0.05, 0) is 29.5 Å². The molecule has 22 heavy (non-hydrogen) atoms. The predicted molar refractivity (Wildman–Crippen MR) is 84.2 cm³/mol. The molecule has 0 aliphatic heterocycles. The smallest absolute Gasteiger partial charge is 0.318 e. The van der Waals surface area contributed by atoms with Gasteiger partial charge in [-0.3, -0.25) is 9.59 Å². The number of hydrogen-bond donors (Lipinski definition) is 1. The summed E-state index contributed by atoms with van der Waals surface area (Å²) in [6.07, 6.45) is 1.55. The molecule has 0 heterocycles. The molecule has 0 aromatic heterocycles. The first-order valence-corrected chi connectivity index (χ1v) is 7.55. The van der Waals surface area contributed by atoms with E-state index in [4.69, 9.17) is 0 Å². The van der Waals surface area contributed by atoms with Gasteiger partial charge in [0.05, 0.1) is 0 Å². The molecule has 0 spiro atoms. The van der Waals surface area contributed by atoms with Gasteiger partial charge in [0, 0.05) is 12.0 Å². The van der Waals surface area contributed by atoms with Crippen LogP contribution in [-0.4, -0.2) is 16.9 Å². The van der Waals surface area contributed by atoms with Crippen molar-refractivity contribution in [3.8, 4) is 0 Å². The lowest BCUT2D eigenvalue weighted by atomic mass is 9.70. The van der Waals surface area contributed by atoms with Gasteiger partial charge in [0.15, 0.2) is 5.78 Å². The van der Waals surface area contributed by atoms with Crippen LogP contribution in [0.2, 0.25) is 0 Å². The molecule has 1 N–H and O–H groups in total. The van der Waals surface area contributed by atoms with Crippen LogP contribution in [0.5, 0.6) is 0 Å². The molecule has 1 unspecified atom stereocenters. The quantitative estimate of drug-likeness (QED) is 0.937. The molecule has 0 saturated carbocycles. The second kappa shape index (κ2) is 5.41. The third-order valence-electron chi connectivity index (χ3n) is 4.70. The van der Waals surface area contributed by atoms with Crippen LogP contribution < -0.4 is 0 Å². The number of rotatable bonds is 4. The number of aliphatic carboxylic acids is 1. The average molecular weight is 294 g/mol. The molecule has 112 valence electrons. The van der Waals surface area contributed by atoms with E-state index < -0.39 is 11.4 Å². The zero-order chi connectivity index (χ0) is 15.7. The van der Waals surface area contributed by atoms with Crippen molar-refractivity contribution in [1.82, 2.24) is 0 Å². The molecule has 3 heteroatoms. The van der Waals surface area contributed by atoms with E-state index in [9.17, 15) is 14.7 Å². The Morgan fingerprint density at radius 3 is 2.45 bits per heavy atom. The topological polar surface area (TPSA) is 54.4 Å². The fourth-order valence-corrected chi connectivity index (χ4v) is 3.55. The van der Waals surface area contributed by atoms with Crippen LogP contribution in [-0.2, 0) is 16.6 Å². The maximum atomic E-state index is 12.2. The lowest BCUT2D eigenvalue weighted by Gasteiger charge is -2.31. The van der Waals surface area contributed by atoms with E-state index in [1.807, 2.05) is 43.3 Å². The van der Waals surface area contributed by atoms with Crippen LogP contribution in [0.15, 0.2) is 48.5 Å². The van der Waals surface area contributed by atoms with E-state index in [-0.39, 0.29) is 5.78 Å². The number of carboxylic acid groups (broad SMARTS) is 1. The number of carboxylic acids is 1. The summed E-state index contributed by atoms with van der Waals surface area (Å²) in [6, 6.07) is 14.8. The van der Waals surface area contributed by atoms with Gasteiger partial charge in [0.25, 0.3) is 0 Å². The highest BCUT2D eigenvalue weighted by molar-refractivity contribution is 6.01. The molecule has 1 aliphatic rings. The van der Waals surface area contributed by atoms with Crippen LogP contribution in [0.4, 0.5) is 0 Å². The second-order valence-electron chi connectivity index (χ2n) is 5.68. The largest absolute Gasteiger partial charge is 0.480 e. The summed E-state index contributed by atoms with van der Waals surface area (Å²) >= 11 is 0. The van der Waals surface area contributed by atoms with Gasteiger partial charge in [-0.1, -0.05) is 55.5 Å². The zero-order valence-electron chi connectivity index (χ0n) is 12.5. The van der Waals surface area contributed by atoms with Gasteiger partial charge in [-0.2, -0.15) is 0 Å². The fraction of sp³-hybridized carbons (Fsp3) is 0.263. The summed E-state index contributed by atoms with van der Waals surface area (Å²) in [5, 5.41) is 10.0. The number of hydrogen-bond acceptors (Lipinski definition) is 2. The minimum absolute atomic E-state index is 0.111. The molecule has 0 fully saturated rings. The lowest BCUT2D eigenvalue weighted by molar-refractivity contribution is -0.142. The number of benzene rings is 2. The summed E-state index contributed by atoms with van der Waals surface area (Å²) in [4.78, 5) is 24.2. The maximum absolute atomic E-state index is 12.2. The lowest BCUT2D eigenvalue weighted by Crippen LogP contribution is -2.37. The molecule has 3 nitrogen and oxygen atoms in total. The van der Waals surface area contributed by atoms with Gasteiger partial charge in [-0.15, -0.1) is 0 Å². The van der Waals surface area contributed by atoms with Crippen LogP contribution in [0.3, 0.4) is 0 Å². The highest BCUT2D eigenvalue weighted by atomic mass is 16.4. The number of ketones is 1. The van der Waals surface area contributed by atoms with Crippen LogP contribution in [0.25, 0.3) is 0 Å². The third kappa shape index (κ3) is 1.97. The van der Waals surface area contributed by atoms with E-state index in [2.05, 4.69) is 0 Å². The highest BCUT2D eigenvalue weighted by Gasteiger charge is 2.43. The first-order chi connectivity index (χ1) is 10.6. The molecular formula is C19H18O3. The standard InChI is InChI=1S/C19H18O3/c1-2-19(18(21)22,13-7-4-3-5-8-13)16-10-6-9-15-14(16)11-12-17(15)20/h3-10H,2,11-12H2,1H3,(H,21,22). The fourth-order valence-electron chi connectivity index (χ4n) is 3.55. The average Bonchev–Trinajstić information content (AvgIpc) is 2.92. The summed E-state index contributed by atoms with van der Waals surface area (Å²) in [5.74, 6) is -0.755. The molecule has 0 saturated heterocycles. The van der Waals surface area contributed by atoms with Gasteiger partial charge < -0.3 is 5.11 Å². The summed E-state index contributed by atoms with van der Waals surface area (Å²) in [5.41, 5.74) is 2.01. The molecule has 3 rings (SSSR count). The highest BCUT2D eigenvalue weighted by Crippen LogP contribution is 2.41. The minimum atomic E-state index is -1.10. The van der Waals surface area contributed by atoms with E-state index in [1.54, 1.807) is 12.1 Å². The second-order valence-corrected chi connectivity index (χ2v) is 5.68. The number of Topliss-reactive ketones (excluding diaryl/α,β-unsaturated/α-hetero) is 1. The number of carbonyl (C=O) groups is 2. The Morgan fingerprint density at radius 2 is 1.82 bits per heavy atom. The van der Waals surface area contributed by atoms with Gasteiger partial charge >= 0.3 is 5.97 Å². The Hall–Kier alpha value is -2.42. The molecule has 1 aliphatic carbocycles. The van der Waals surface area contributed by atoms with E-state index in [0.29, 0.717) is 24.8 Å². The first-order valence-electron chi connectivity index (χ1n) is 7.55. The van der Waals surface area contributed by atoms with Crippen molar-refractivity contribution in [2.45, 2.75) is 31.6 Å². The van der Waals surface area contributed by atoms with Crippen molar-refractivity contribution < 1.29 is 14.7 Å². The van der Waals surface area contributed by atoms with Crippen LogP contribution in [0, 0.1) is 0 Å². The molecule has 0 radical (unpaired) electrons. The van der Waals surface area contributed by atoms with Crippen molar-refractivity contribution in [1.29, 1.82) is 0 Å². The van der Waals surface area contributed by atoms with Crippen molar-refractivity contribution in [3.63, 3.8) is 0 Å². The van der Waals surface area contributed by atoms with Crippen molar-refractivity contribution in [2.75, 3.05) is 0 Å². The number of fused-ring (bicyclic) bond motifs is 1. The summed E-state index contributed by atoms with van der Waals surface area (Å²) < 4.78 is 0. The Labute approximate surface area is 129 Å². The third-order valence-corrected chi connectivity index (χ3v) is 4.70. The molecule has 1 atom stereocenters. The zero-order valence-corrected chi connectivity index (χ0v) is 12.5. The SMILES string of the molecule is CCC(C(=O)O)(c1ccccc1)c1cccc2c1CCC2=O. The Morgan fingerprint density at radius 1 is 1.09 bits per heavy atom. The van der Waals surface area contributed by atoms with Crippen LogP contribution >= 0.6 is 0 Å². The maximum Gasteiger partial charge on any atom is 0.318 e. The summed E-state index contributed by atoms with van der Waals surface area (Å²) in [7, 11) is 0. The van der Waals surface area contributed by atoms with Crippen molar-refractivity contribution in [3.05, 3.63) is 70.8 Å². The molecular weight excluding hydrogens is 276 g/mol. The van der Waals surface area contributed by atoms with Gasteiger partial charge in [-0.25, -0.2) is 0 Å². The molecule has 0 bridgehead atoms. The Balaban J connectivity index is 2.30. The predicted octanol–water partition coefficient (Wildman–Crippen LogP) is 3.60. The van der Waals surface area contributed by atoms with Crippen LogP contribution in [0.1, 0.15) is 46.8 Å². The van der Waals surface area contributed by atoms with E-state index in [0.717, 1.165) is 16.7 Å². The van der Waals surface area contributed by atoms with E-state index in [1.165, 1.54) is 0 Å². The molecule has 2 aromatic rings. The number of carbonyl (C=O) groups excluding carboxylic acids is 1. The normalized spacial score (nSPS) is 16.1. The molecule has 0 amide bonds. The monoisotopic (exact) mass is 294 g/mol. The van der Waals surface area contributed by atoms with Gasteiger partial charge in [0.1, 0.15) is 5.41 Å². The summed E-state index contributed by atoms with van der Waals surface area (Å²) in [6.45, 7) is 1.89. The Bertz CT molecular complexity index is 734. The molecule has 2 aromatic carbocycles. The van der Waals surface area contributed by atoms with Gasteiger partial charge in [0.2, 0.25) is 0 Å². The van der Waals surface area contributed by atoms with Crippen molar-refractivity contribution >= 4 is 11.8 Å². The van der Waals surface area contributed by atoms with E-state index >= 15 is 0 Å². The first kappa shape index (κ1) is 14.5.